The zero-order chi connectivity index (χ0) is 42.9. The number of amides is 2. The monoisotopic (exact) mass is 828 g/mol. The van der Waals surface area contributed by atoms with Crippen LogP contribution < -0.4 is 30.4 Å². The second-order valence-corrected chi connectivity index (χ2v) is 21.4. The van der Waals surface area contributed by atoms with Crippen LogP contribution in [0.5, 0.6) is 23.0 Å². The molecule has 2 aliphatic rings. The van der Waals surface area contributed by atoms with Crippen molar-refractivity contribution in [1.82, 2.24) is 9.80 Å². The summed E-state index contributed by atoms with van der Waals surface area (Å²) in [6.07, 6.45) is 3.15. The second-order valence-electron chi connectivity index (χ2n) is 16.6. The number of likely N-dealkylation sites (tertiary alicyclic amines) is 2. The maximum Gasteiger partial charge on any atom is 0.302 e. The van der Waals surface area contributed by atoms with E-state index in [0.717, 1.165) is 12.8 Å². The Bertz CT molecular complexity index is 1780. The highest BCUT2D eigenvalue weighted by molar-refractivity contribution is 6.74. The molecular weight excluding hydrogens is 765 g/mol. The van der Waals surface area contributed by atoms with Crippen molar-refractivity contribution >= 4 is 43.4 Å². The standard InChI is InChI=1S/C42H64N4O11Si/c1-11-28-17-30(56-26(2)47)23-45(28)40(49)32-19-36(51-7)38(21-34(32)43)53-15-13-12-14-16-54-39-22-35(44)33(20-37(39)52-8)41(50)46-24-31(57-27(3)48)18-29(46)25-55-58(9,10)42(4,5)6/h19-22,28-31H,11-18,23-25,43-44H2,1-10H3/t28-,29+,30-,31-/m1/s1. The fourth-order valence-corrected chi connectivity index (χ4v) is 8.11. The topological polar surface area (TPSA) is 191 Å². The molecule has 0 aliphatic carbocycles. The third kappa shape index (κ3) is 11.5. The van der Waals surface area contributed by atoms with Crippen LogP contribution in [0.25, 0.3) is 0 Å². The molecule has 0 saturated carbocycles. The van der Waals surface area contributed by atoms with Crippen molar-refractivity contribution in [2.45, 2.75) is 122 Å². The lowest BCUT2D eigenvalue weighted by molar-refractivity contribution is -0.146. The van der Waals surface area contributed by atoms with Gasteiger partial charge in [-0.05, 0) is 55.9 Å². The Morgan fingerprint density at radius 3 is 1.53 bits per heavy atom. The Balaban J connectivity index is 1.31. The van der Waals surface area contributed by atoms with Gasteiger partial charge in [-0.1, -0.05) is 27.7 Å². The number of nitrogens with zero attached hydrogens (tertiary/aromatic N) is 2. The first kappa shape index (κ1) is 46.0. The molecule has 58 heavy (non-hydrogen) atoms. The molecule has 0 bridgehead atoms. The molecular formula is C42H64N4O11Si. The first-order valence-electron chi connectivity index (χ1n) is 20.1. The normalized spacial score (nSPS) is 19.5. The summed E-state index contributed by atoms with van der Waals surface area (Å²) in [5.74, 6) is 0.289. The number of anilines is 2. The fraction of sp³-hybridized carbons (Fsp3) is 0.619. The molecule has 4 rings (SSSR count). The van der Waals surface area contributed by atoms with E-state index in [9.17, 15) is 19.2 Å². The minimum absolute atomic E-state index is 0.00882. The lowest BCUT2D eigenvalue weighted by atomic mass is 10.1. The molecule has 2 heterocycles. The van der Waals surface area contributed by atoms with Crippen molar-refractivity contribution in [3.63, 3.8) is 0 Å². The Morgan fingerprint density at radius 2 is 1.14 bits per heavy atom. The van der Waals surface area contributed by atoms with Crippen LogP contribution in [-0.4, -0.2) is 113 Å². The molecule has 2 fully saturated rings. The number of nitrogens with two attached hydrogens (primary N) is 2. The molecule has 2 amide bonds. The maximum absolute atomic E-state index is 14.0. The van der Waals surface area contributed by atoms with Crippen molar-refractivity contribution in [3.8, 4) is 23.0 Å². The molecule has 0 unspecified atom stereocenters. The molecule has 0 spiro atoms. The number of hydrogen-bond acceptors (Lipinski definition) is 13. The van der Waals surface area contributed by atoms with Gasteiger partial charge in [0.25, 0.3) is 11.8 Å². The van der Waals surface area contributed by atoms with Gasteiger partial charge in [-0.2, -0.15) is 0 Å². The largest absolute Gasteiger partial charge is 0.493 e. The Morgan fingerprint density at radius 1 is 0.707 bits per heavy atom. The summed E-state index contributed by atoms with van der Waals surface area (Å²) in [5.41, 5.74) is 13.9. The van der Waals surface area contributed by atoms with Gasteiger partial charge in [0.1, 0.15) is 12.2 Å². The first-order valence-corrected chi connectivity index (χ1v) is 23.0. The van der Waals surface area contributed by atoms with E-state index in [1.165, 1.54) is 28.1 Å². The number of methoxy groups -OCH3 is 2. The molecule has 2 aromatic carbocycles. The summed E-state index contributed by atoms with van der Waals surface area (Å²) >= 11 is 0. The number of carbonyl (C=O) groups is 4. The van der Waals surface area contributed by atoms with Crippen LogP contribution in [0.1, 0.15) is 101 Å². The summed E-state index contributed by atoms with van der Waals surface area (Å²) in [7, 11) is 0.899. The van der Waals surface area contributed by atoms with Crippen LogP contribution in [0.4, 0.5) is 11.4 Å². The van der Waals surface area contributed by atoms with E-state index in [2.05, 4.69) is 33.9 Å². The highest BCUT2D eigenvalue weighted by Gasteiger charge is 2.42. The minimum atomic E-state index is -2.11. The molecule has 2 aromatic rings. The molecule has 4 atom stereocenters. The predicted octanol–water partition coefficient (Wildman–Crippen LogP) is 6.22. The van der Waals surface area contributed by atoms with Gasteiger partial charge in [0.05, 0.1) is 64.3 Å². The average molecular weight is 829 g/mol. The Kier molecular flexibility index (Phi) is 15.7. The van der Waals surface area contributed by atoms with E-state index >= 15 is 0 Å². The summed E-state index contributed by atoms with van der Waals surface area (Å²) in [4.78, 5) is 54.3. The highest BCUT2D eigenvalue weighted by atomic mass is 28.4. The third-order valence-corrected chi connectivity index (χ3v) is 15.8. The van der Waals surface area contributed by atoms with Crippen molar-refractivity contribution in [1.29, 1.82) is 0 Å². The van der Waals surface area contributed by atoms with Crippen molar-refractivity contribution < 1.29 is 52.0 Å². The van der Waals surface area contributed by atoms with E-state index in [0.29, 0.717) is 80.6 Å². The lowest BCUT2D eigenvalue weighted by Crippen LogP contribution is -2.46. The van der Waals surface area contributed by atoms with Crippen LogP contribution in [0.3, 0.4) is 0 Å². The van der Waals surface area contributed by atoms with E-state index in [-0.39, 0.29) is 64.5 Å². The predicted molar refractivity (Wildman–Crippen MR) is 223 cm³/mol. The van der Waals surface area contributed by atoms with E-state index in [1.807, 2.05) is 6.92 Å². The van der Waals surface area contributed by atoms with Crippen LogP contribution in [0.15, 0.2) is 24.3 Å². The van der Waals surface area contributed by atoms with Crippen LogP contribution in [0.2, 0.25) is 18.1 Å². The maximum atomic E-state index is 14.0. The minimum Gasteiger partial charge on any atom is -0.493 e. The Hall–Kier alpha value is -4.70. The third-order valence-electron chi connectivity index (χ3n) is 11.3. The molecule has 2 saturated heterocycles. The molecule has 15 nitrogen and oxygen atoms in total. The zero-order valence-corrected chi connectivity index (χ0v) is 36.9. The SMILES string of the molecule is CC[C@@H]1C[C@@H](OC(C)=O)CN1C(=O)c1cc(OC)c(OCCCCCOc2cc(N)c(C(=O)N3C[C@H](OC(C)=O)C[C@H]3CO[Si](C)(C)C(C)(C)C)cc2OC)cc1N. The van der Waals surface area contributed by atoms with Crippen molar-refractivity contribution in [2.24, 2.45) is 0 Å². The van der Waals surface area contributed by atoms with Crippen molar-refractivity contribution in [3.05, 3.63) is 35.4 Å². The van der Waals surface area contributed by atoms with Crippen LogP contribution >= 0.6 is 0 Å². The molecule has 0 radical (unpaired) electrons. The van der Waals surface area contributed by atoms with Crippen LogP contribution in [0, 0.1) is 0 Å². The van der Waals surface area contributed by atoms with Gasteiger partial charge >= 0.3 is 11.9 Å². The number of nitrogen functional groups attached to an aromatic ring is 2. The number of ether oxygens (including phenoxy) is 6. The molecule has 2 aliphatic heterocycles. The van der Waals surface area contributed by atoms with Gasteiger partial charge in [0.15, 0.2) is 31.3 Å². The van der Waals surface area contributed by atoms with Gasteiger partial charge in [-0.25, -0.2) is 0 Å². The van der Waals surface area contributed by atoms with Crippen molar-refractivity contribution in [2.75, 3.05) is 58.6 Å². The first-order chi connectivity index (χ1) is 27.3. The van der Waals surface area contributed by atoms with E-state index in [1.54, 1.807) is 34.1 Å². The number of unbranched alkanes of at least 4 members (excludes halogenated alkanes) is 2. The number of rotatable bonds is 18. The smallest absolute Gasteiger partial charge is 0.302 e. The summed E-state index contributed by atoms with van der Waals surface area (Å²) in [6, 6.07) is 6.03. The second kappa shape index (κ2) is 19.8. The quantitative estimate of drug-likeness (QED) is 0.0746. The molecule has 322 valence electrons. The summed E-state index contributed by atoms with van der Waals surface area (Å²) in [6.45, 7) is 17.1. The van der Waals surface area contributed by atoms with Gasteiger partial charge in [0.2, 0.25) is 0 Å². The molecule has 16 heteroatoms. The average Bonchev–Trinajstić information content (AvgIpc) is 3.75. The number of carbonyl (C=O) groups excluding carboxylic acids is 4. The van der Waals surface area contributed by atoms with E-state index < -0.39 is 20.4 Å². The fourth-order valence-electron chi connectivity index (χ4n) is 7.07. The lowest BCUT2D eigenvalue weighted by Gasteiger charge is -2.38. The van der Waals surface area contributed by atoms with Gasteiger partial charge in [-0.15, -0.1) is 0 Å². The highest BCUT2D eigenvalue weighted by Crippen LogP contribution is 2.39. The number of esters is 2. The zero-order valence-electron chi connectivity index (χ0n) is 35.9. The van der Waals surface area contributed by atoms with Gasteiger partial charge in [-0.3, -0.25) is 19.2 Å². The Labute approximate surface area is 344 Å². The summed E-state index contributed by atoms with van der Waals surface area (Å²) < 4.78 is 40.6. The van der Waals surface area contributed by atoms with Gasteiger partial charge < -0.3 is 54.1 Å². The molecule has 0 aromatic heterocycles. The summed E-state index contributed by atoms with van der Waals surface area (Å²) in [5, 5.41) is -0.00882. The van der Waals surface area contributed by atoms with Crippen LogP contribution in [-0.2, 0) is 23.5 Å². The number of benzene rings is 2. The molecule has 4 N–H and O–H groups in total. The van der Waals surface area contributed by atoms with Gasteiger partial charge in [0, 0.05) is 56.2 Å². The number of hydrogen-bond donors (Lipinski definition) is 2. The van der Waals surface area contributed by atoms with E-state index in [4.69, 9.17) is 44.3 Å².